The Morgan fingerprint density at radius 1 is 1.50 bits per heavy atom. The predicted octanol–water partition coefficient (Wildman–Crippen LogP) is 2.74. The van der Waals surface area contributed by atoms with Gasteiger partial charge in [-0.05, 0) is 30.5 Å². The number of nitrogens with one attached hydrogen (secondary N) is 1. The molecule has 0 radical (unpaired) electrons. The molecule has 1 aromatic carbocycles. The normalized spacial score (nSPS) is 12.9. The number of aromatic amines is 1. The van der Waals surface area contributed by atoms with Crippen molar-refractivity contribution < 1.29 is 9.90 Å². The van der Waals surface area contributed by atoms with Crippen LogP contribution in [0.5, 0.6) is 0 Å². The van der Waals surface area contributed by atoms with Crippen molar-refractivity contribution in [3.05, 3.63) is 35.5 Å². The number of carbonyl (C=O) groups is 1. The second-order valence-electron chi connectivity index (χ2n) is 4.31. The molecule has 0 amide bonds. The molecular formula is C13H15NO2. The molecule has 0 aliphatic heterocycles. The molecule has 0 saturated carbocycles. The topological polar surface area (TPSA) is 53.1 Å². The summed E-state index contributed by atoms with van der Waals surface area (Å²) in [7, 11) is 0. The summed E-state index contributed by atoms with van der Waals surface area (Å²) in [6.45, 7) is 3.77. The number of aromatic nitrogens is 1. The van der Waals surface area contributed by atoms with E-state index in [1.54, 1.807) is 6.92 Å². The monoisotopic (exact) mass is 217 g/mol. The van der Waals surface area contributed by atoms with E-state index in [0.29, 0.717) is 6.42 Å². The number of benzene rings is 1. The van der Waals surface area contributed by atoms with Gasteiger partial charge >= 0.3 is 5.97 Å². The van der Waals surface area contributed by atoms with E-state index >= 15 is 0 Å². The van der Waals surface area contributed by atoms with Gasteiger partial charge < -0.3 is 10.1 Å². The van der Waals surface area contributed by atoms with E-state index in [9.17, 15) is 4.79 Å². The van der Waals surface area contributed by atoms with E-state index < -0.39 is 5.97 Å². The first kappa shape index (κ1) is 10.7. The third-order valence-electron chi connectivity index (χ3n) is 2.87. The summed E-state index contributed by atoms with van der Waals surface area (Å²) < 4.78 is 0. The molecule has 0 fully saturated rings. The van der Waals surface area contributed by atoms with Crippen LogP contribution in [-0.2, 0) is 11.2 Å². The summed E-state index contributed by atoms with van der Waals surface area (Å²) in [5.74, 6) is -1.10. The van der Waals surface area contributed by atoms with Crippen molar-refractivity contribution in [3.63, 3.8) is 0 Å². The SMILES string of the molecule is Cc1ccc2c(CC(C)C(=O)O)c[nH]c2c1. The summed E-state index contributed by atoms with van der Waals surface area (Å²) in [4.78, 5) is 14.0. The zero-order valence-electron chi connectivity index (χ0n) is 9.45. The van der Waals surface area contributed by atoms with Gasteiger partial charge in [0.2, 0.25) is 0 Å². The molecule has 1 atom stereocenters. The van der Waals surface area contributed by atoms with E-state index in [2.05, 4.69) is 11.1 Å². The highest BCUT2D eigenvalue weighted by molar-refractivity contribution is 5.84. The van der Waals surface area contributed by atoms with Crippen molar-refractivity contribution >= 4 is 16.9 Å². The number of carboxylic acid groups (broad SMARTS) is 1. The van der Waals surface area contributed by atoms with Crippen LogP contribution in [0, 0.1) is 12.8 Å². The smallest absolute Gasteiger partial charge is 0.306 e. The van der Waals surface area contributed by atoms with Crippen molar-refractivity contribution in [3.8, 4) is 0 Å². The second kappa shape index (κ2) is 4.00. The highest BCUT2D eigenvalue weighted by atomic mass is 16.4. The van der Waals surface area contributed by atoms with Crippen LogP contribution in [0.25, 0.3) is 10.9 Å². The van der Waals surface area contributed by atoms with Crippen LogP contribution in [-0.4, -0.2) is 16.1 Å². The Kier molecular flexibility index (Phi) is 2.69. The van der Waals surface area contributed by atoms with Gasteiger partial charge in [-0.25, -0.2) is 0 Å². The Labute approximate surface area is 94.1 Å². The molecule has 84 valence electrons. The fourth-order valence-corrected chi connectivity index (χ4v) is 1.89. The third kappa shape index (κ3) is 1.94. The molecule has 0 spiro atoms. The van der Waals surface area contributed by atoms with E-state index in [4.69, 9.17) is 5.11 Å². The van der Waals surface area contributed by atoms with Gasteiger partial charge in [-0.1, -0.05) is 19.1 Å². The number of H-pyrrole nitrogens is 1. The molecule has 0 saturated heterocycles. The van der Waals surface area contributed by atoms with Crippen molar-refractivity contribution in [2.45, 2.75) is 20.3 Å². The number of hydrogen-bond donors (Lipinski definition) is 2. The summed E-state index contributed by atoms with van der Waals surface area (Å²) in [6, 6.07) is 6.17. The molecule has 0 aliphatic rings. The average Bonchev–Trinajstić information content (AvgIpc) is 2.60. The maximum absolute atomic E-state index is 10.8. The summed E-state index contributed by atoms with van der Waals surface area (Å²) in [5.41, 5.74) is 3.35. The zero-order chi connectivity index (χ0) is 11.7. The minimum atomic E-state index is -0.749. The van der Waals surface area contributed by atoms with Crippen molar-refractivity contribution in [2.24, 2.45) is 5.92 Å². The van der Waals surface area contributed by atoms with Crippen LogP contribution in [0.4, 0.5) is 0 Å². The number of fused-ring (bicyclic) bond motifs is 1. The van der Waals surface area contributed by atoms with Crippen LogP contribution < -0.4 is 0 Å². The molecule has 0 aliphatic carbocycles. The lowest BCUT2D eigenvalue weighted by atomic mass is 10.0. The maximum atomic E-state index is 10.8. The molecule has 1 aromatic heterocycles. The minimum Gasteiger partial charge on any atom is -0.481 e. The molecule has 1 unspecified atom stereocenters. The molecule has 2 rings (SSSR count). The van der Waals surface area contributed by atoms with Crippen LogP contribution in [0.1, 0.15) is 18.1 Å². The van der Waals surface area contributed by atoms with Gasteiger partial charge in [0.05, 0.1) is 5.92 Å². The number of rotatable bonds is 3. The average molecular weight is 217 g/mol. The van der Waals surface area contributed by atoms with Crippen LogP contribution >= 0.6 is 0 Å². The summed E-state index contributed by atoms with van der Waals surface area (Å²) in [5, 5.41) is 10.0. The number of aryl methyl sites for hydroxylation is 1. The molecule has 0 bridgehead atoms. The third-order valence-corrected chi connectivity index (χ3v) is 2.87. The lowest BCUT2D eigenvalue weighted by Crippen LogP contribution is -2.11. The maximum Gasteiger partial charge on any atom is 0.306 e. The molecule has 3 heteroatoms. The van der Waals surface area contributed by atoms with Gasteiger partial charge in [0.15, 0.2) is 0 Å². The highest BCUT2D eigenvalue weighted by Gasteiger charge is 2.14. The van der Waals surface area contributed by atoms with Gasteiger partial charge in [0.25, 0.3) is 0 Å². The number of carboxylic acids is 1. The second-order valence-corrected chi connectivity index (χ2v) is 4.31. The lowest BCUT2D eigenvalue weighted by Gasteiger charge is -2.04. The van der Waals surface area contributed by atoms with Crippen molar-refractivity contribution in [1.82, 2.24) is 4.98 Å². The van der Waals surface area contributed by atoms with Gasteiger partial charge in [-0.2, -0.15) is 0 Å². The number of hydrogen-bond acceptors (Lipinski definition) is 1. The van der Waals surface area contributed by atoms with Gasteiger partial charge in [-0.3, -0.25) is 4.79 Å². The lowest BCUT2D eigenvalue weighted by molar-refractivity contribution is -0.141. The molecule has 16 heavy (non-hydrogen) atoms. The first-order valence-corrected chi connectivity index (χ1v) is 5.37. The Bertz CT molecular complexity index is 528. The van der Waals surface area contributed by atoms with Crippen molar-refractivity contribution in [1.29, 1.82) is 0 Å². The fourth-order valence-electron chi connectivity index (χ4n) is 1.89. The molecule has 1 heterocycles. The Morgan fingerprint density at radius 3 is 2.94 bits per heavy atom. The quantitative estimate of drug-likeness (QED) is 0.830. The van der Waals surface area contributed by atoms with E-state index in [-0.39, 0.29) is 5.92 Å². The van der Waals surface area contributed by atoms with Crippen LogP contribution in [0.3, 0.4) is 0 Å². The van der Waals surface area contributed by atoms with Gasteiger partial charge in [0.1, 0.15) is 0 Å². The van der Waals surface area contributed by atoms with Gasteiger partial charge in [0, 0.05) is 17.1 Å². The zero-order valence-corrected chi connectivity index (χ0v) is 9.45. The van der Waals surface area contributed by atoms with E-state index in [1.807, 2.05) is 25.3 Å². The highest BCUT2D eigenvalue weighted by Crippen LogP contribution is 2.22. The van der Waals surface area contributed by atoms with E-state index in [0.717, 1.165) is 16.5 Å². The molecule has 3 nitrogen and oxygen atoms in total. The first-order chi connectivity index (χ1) is 7.58. The van der Waals surface area contributed by atoms with Crippen LogP contribution in [0.15, 0.2) is 24.4 Å². The number of aliphatic carboxylic acids is 1. The van der Waals surface area contributed by atoms with Crippen LogP contribution in [0.2, 0.25) is 0 Å². The summed E-state index contributed by atoms with van der Waals surface area (Å²) in [6.07, 6.45) is 2.47. The molecule has 2 N–H and O–H groups in total. The Hall–Kier alpha value is -1.77. The van der Waals surface area contributed by atoms with Gasteiger partial charge in [-0.15, -0.1) is 0 Å². The minimum absolute atomic E-state index is 0.347. The van der Waals surface area contributed by atoms with Crippen molar-refractivity contribution in [2.75, 3.05) is 0 Å². The standard InChI is InChI=1S/C13H15NO2/c1-8-3-4-11-10(6-9(2)13(15)16)7-14-12(11)5-8/h3-5,7,9,14H,6H2,1-2H3,(H,15,16). The fraction of sp³-hybridized carbons (Fsp3) is 0.308. The Morgan fingerprint density at radius 2 is 2.25 bits per heavy atom. The summed E-state index contributed by atoms with van der Waals surface area (Å²) >= 11 is 0. The molecule has 2 aromatic rings. The predicted molar refractivity (Wildman–Crippen MR) is 63.5 cm³/mol. The first-order valence-electron chi connectivity index (χ1n) is 5.37. The molecular weight excluding hydrogens is 202 g/mol. The van der Waals surface area contributed by atoms with E-state index in [1.165, 1.54) is 5.56 Å². The Balaban J connectivity index is 2.35. The largest absolute Gasteiger partial charge is 0.481 e.